The molecule has 194 valence electrons. The Hall–Kier alpha value is -4.31. The number of carbonyl (C=O) groups is 1. The largest absolute Gasteiger partial charge is 0.494 e. The van der Waals surface area contributed by atoms with E-state index >= 15 is 0 Å². The Kier molecular flexibility index (Phi) is 9.68. The van der Waals surface area contributed by atoms with Gasteiger partial charge in [0.25, 0.3) is 15.9 Å². The molecule has 0 radical (unpaired) electrons. The first-order valence-electron chi connectivity index (χ1n) is 11.4. The molecule has 0 aliphatic heterocycles. The van der Waals surface area contributed by atoms with Crippen molar-refractivity contribution in [2.24, 2.45) is 5.10 Å². The number of para-hydroxylation sites is 1. The SMILES string of the molecule is C=CCOc1ccc(/C=N\NC(=O)CN(c2ccccc2)S(=O)(=O)c2ccc(OCC)cc2)cc1OC. The zero-order valence-corrected chi connectivity index (χ0v) is 21.5. The van der Waals surface area contributed by atoms with Gasteiger partial charge < -0.3 is 14.2 Å². The Morgan fingerprint density at radius 3 is 2.41 bits per heavy atom. The number of hydrogen-bond donors (Lipinski definition) is 1. The van der Waals surface area contributed by atoms with Gasteiger partial charge in [-0.3, -0.25) is 9.10 Å². The minimum Gasteiger partial charge on any atom is -0.494 e. The molecule has 1 N–H and O–H groups in total. The maximum atomic E-state index is 13.4. The van der Waals surface area contributed by atoms with E-state index in [0.29, 0.717) is 41.7 Å². The summed E-state index contributed by atoms with van der Waals surface area (Å²) in [6.07, 6.45) is 3.05. The summed E-state index contributed by atoms with van der Waals surface area (Å²) in [7, 11) is -2.54. The molecule has 9 nitrogen and oxygen atoms in total. The van der Waals surface area contributed by atoms with Gasteiger partial charge in [0.2, 0.25) is 0 Å². The second-order valence-electron chi connectivity index (χ2n) is 7.55. The lowest BCUT2D eigenvalue weighted by atomic mass is 10.2. The van der Waals surface area contributed by atoms with Crippen LogP contribution in [-0.2, 0) is 14.8 Å². The van der Waals surface area contributed by atoms with Gasteiger partial charge in [-0.1, -0.05) is 30.9 Å². The smallest absolute Gasteiger partial charge is 0.264 e. The molecule has 0 saturated carbocycles. The van der Waals surface area contributed by atoms with Gasteiger partial charge in [-0.2, -0.15) is 5.10 Å². The molecule has 0 aliphatic rings. The second-order valence-corrected chi connectivity index (χ2v) is 9.42. The first kappa shape index (κ1) is 27.3. The Labute approximate surface area is 217 Å². The van der Waals surface area contributed by atoms with E-state index in [1.54, 1.807) is 66.7 Å². The number of ether oxygens (including phenoxy) is 3. The molecule has 3 aromatic carbocycles. The maximum Gasteiger partial charge on any atom is 0.264 e. The second kappa shape index (κ2) is 13.1. The Morgan fingerprint density at radius 1 is 1.03 bits per heavy atom. The van der Waals surface area contributed by atoms with Gasteiger partial charge in [0, 0.05) is 0 Å². The van der Waals surface area contributed by atoms with Crippen LogP contribution in [0.15, 0.2) is 95.4 Å². The summed E-state index contributed by atoms with van der Waals surface area (Å²) in [5, 5.41) is 3.97. The van der Waals surface area contributed by atoms with Crippen LogP contribution in [-0.4, -0.2) is 47.4 Å². The lowest BCUT2D eigenvalue weighted by Crippen LogP contribution is -2.39. The summed E-state index contributed by atoms with van der Waals surface area (Å²) in [5.41, 5.74) is 3.37. The number of methoxy groups -OCH3 is 1. The normalized spacial score (nSPS) is 11.1. The molecular formula is C27H29N3O6S. The van der Waals surface area contributed by atoms with Crippen molar-refractivity contribution in [3.05, 3.63) is 91.0 Å². The molecule has 3 aromatic rings. The summed E-state index contributed by atoms with van der Waals surface area (Å²) in [6, 6.07) is 19.6. The summed E-state index contributed by atoms with van der Waals surface area (Å²) in [6.45, 7) is 5.77. The van der Waals surface area contributed by atoms with Gasteiger partial charge in [-0.25, -0.2) is 13.8 Å². The number of carbonyl (C=O) groups excluding carboxylic acids is 1. The van der Waals surface area contributed by atoms with E-state index in [9.17, 15) is 13.2 Å². The Balaban J connectivity index is 1.76. The molecule has 0 aromatic heterocycles. The van der Waals surface area contributed by atoms with Gasteiger partial charge in [0.15, 0.2) is 11.5 Å². The number of benzene rings is 3. The van der Waals surface area contributed by atoms with E-state index in [1.165, 1.54) is 25.5 Å². The number of hydrogen-bond acceptors (Lipinski definition) is 7. The van der Waals surface area contributed by atoms with Crippen LogP contribution in [0.5, 0.6) is 17.2 Å². The Morgan fingerprint density at radius 2 is 1.76 bits per heavy atom. The molecule has 0 heterocycles. The topological polar surface area (TPSA) is 107 Å². The van der Waals surface area contributed by atoms with Crippen LogP contribution >= 0.6 is 0 Å². The monoisotopic (exact) mass is 523 g/mol. The minimum absolute atomic E-state index is 0.0296. The summed E-state index contributed by atoms with van der Waals surface area (Å²) in [5.74, 6) is 0.972. The van der Waals surface area contributed by atoms with Crippen molar-refractivity contribution in [1.29, 1.82) is 0 Å². The van der Waals surface area contributed by atoms with Crippen LogP contribution < -0.4 is 23.9 Å². The molecule has 0 spiro atoms. The highest BCUT2D eigenvalue weighted by Gasteiger charge is 2.27. The first-order valence-corrected chi connectivity index (χ1v) is 12.9. The molecular weight excluding hydrogens is 494 g/mol. The summed E-state index contributed by atoms with van der Waals surface area (Å²) >= 11 is 0. The van der Waals surface area contributed by atoms with Crippen molar-refractivity contribution in [3.8, 4) is 17.2 Å². The molecule has 1 amide bonds. The van der Waals surface area contributed by atoms with Gasteiger partial charge in [-0.15, -0.1) is 0 Å². The number of sulfonamides is 1. The molecule has 10 heteroatoms. The van der Waals surface area contributed by atoms with Crippen LogP contribution in [0.25, 0.3) is 0 Å². The predicted octanol–water partition coefficient (Wildman–Crippen LogP) is 4.00. The van der Waals surface area contributed by atoms with E-state index in [1.807, 2.05) is 6.92 Å². The summed E-state index contributed by atoms with van der Waals surface area (Å²) < 4.78 is 44.2. The van der Waals surface area contributed by atoms with Crippen molar-refractivity contribution in [2.45, 2.75) is 11.8 Å². The predicted molar refractivity (Wildman–Crippen MR) is 143 cm³/mol. The molecule has 0 bridgehead atoms. The van der Waals surface area contributed by atoms with Gasteiger partial charge in [0.05, 0.1) is 30.5 Å². The molecule has 3 rings (SSSR count). The van der Waals surface area contributed by atoms with E-state index < -0.39 is 22.5 Å². The highest BCUT2D eigenvalue weighted by molar-refractivity contribution is 7.92. The van der Waals surface area contributed by atoms with Gasteiger partial charge in [-0.05, 0) is 67.1 Å². The lowest BCUT2D eigenvalue weighted by molar-refractivity contribution is -0.119. The number of amides is 1. The average molecular weight is 524 g/mol. The third kappa shape index (κ3) is 7.34. The lowest BCUT2D eigenvalue weighted by Gasteiger charge is -2.23. The fourth-order valence-electron chi connectivity index (χ4n) is 3.29. The molecule has 0 aliphatic carbocycles. The van der Waals surface area contributed by atoms with E-state index in [2.05, 4.69) is 17.1 Å². The average Bonchev–Trinajstić information content (AvgIpc) is 2.91. The number of nitrogens with one attached hydrogen (secondary N) is 1. The molecule has 0 fully saturated rings. The highest BCUT2D eigenvalue weighted by atomic mass is 32.2. The highest BCUT2D eigenvalue weighted by Crippen LogP contribution is 2.28. The zero-order chi connectivity index (χ0) is 26.7. The standard InChI is InChI=1S/C27H29N3O6S/c1-4-17-36-25-16-11-21(18-26(25)34-3)19-28-29-27(31)20-30(22-9-7-6-8-10-22)37(32,33)24-14-12-23(13-15-24)35-5-2/h4,6-16,18-19H,1,5,17,20H2,2-3H3,(H,29,31)/b28-19-. The summed E-state index contributed by atoms with van der Waals surface area (Å²) in [4.78, 5) is 12.8. The number of rotatable bonds is 13. The Bertz CT molecular complexity index is 1330. The number of anilines is 1. The molecule has 0 atom stereocenters. The van der Waals surface area contributed by atoms with Crippen LogP contribution in [0.2, 0.25) is 0 Å². The minimum atomic E-state index is -4.05. The first-order chi connectivity index (χ1) is 17.9. The fourth-order valence-corrected chi connectivity index (χ4v) is 4.71. The quantitative estimate of drug-likeness (QED) is 0.206. The van der Waals surface area contributed by atoms with Crippen molar-refractivity contribution in [2.75, 3.05) is 31.2 Å². The van der Waals surface area contributed by atoms with Crippen LogP contribution in [0, 0.1) is 0 Å². The molecule has 0 saturated heterocycles. The zero-order valence-electron chi connectivity index (χ0n) is 20.7. The van der Waals surface area contributed by atoms with Gasteiger partial charge in [0.1, 0.15) is 18.9 Å². The van der Waals surface area contributed by atoms with Crippen molar-refractivity contribution < 1.29 is 27.4 Å². The van der Waals surface area contributed by atoms with Gasteiger partial charge >= 0.3 is 0 Å². The van der Waals surface area contributed by atoms with Crippen LogP contribution in [0.4, 0.5) is 5.69 Å². The molecule has 0 unspecified atom stereocenters. The maximum absolute atomic E-state index is 13.4. The van der Waals surface area contributed by atoms with Crippen molar-refractivity contribution >= 4 is 27.8 Å². The number of hydrazone groups is 1. The van der Waals surface area contributed by atoms with Crippen LogP contribution in [0.3, 0.4) is 0 Å². The fraction of sp³-hybridized carbons (Fsp3) is 0.185. The number of nitrogens with zero attached hydrogens (tertiary/aromatic N) is 2. The third-order valence-electron chi connectivity index (χ3n) is 5.00. The van der Waals surface area contributed by atoms with E-state index in [-0.39, 0.29) is 4.90 Å². The van der Waals surface area contributed by atoms with Crippen molar-refractivity contribution in [3.63, 3.8) is 0 Å². The van der Waals surface area contributed by atoms with E-state index in [4.69, 9.17) is 14.2 Å². The molecule has 37 heavy (non-hydrogen) atoms. The van der Waals surface area contributed by atoms with Crippen molar-refractivity contribution in [1.82, 2.24) is 5.43 Å². The third-order valence-corrected chi connectivity index (χ3v) is 6.79. The van der Waals surface area contributed by atoms with Crippen LogP contribution in [0.1, 0.15) is 12.5 Å². The van der Waals surface area contributed by atoms with E-state index in [0.717, 1.165) is 4.31 Å².